The van der Waals surface area contributed by atoms with Crippen molar-refractivity contribution in [2.24, 2.45) is 0 Å². The van der Waals surface area contributed by atoms with E-state index in [0.29, 0.717) is 0 Å². The fourth-order valence-corrected chi connectivity index (χ4v) is 6.74. The molecule has 0 aliphatic heterocycles. The second-order valence-corrected chi connectivity index (χ2v) is 11.3. The quantitative estimate of drug-likeness (QED) is 0.191. The summed E-state index contributed by atoms with van der Waals surface area (Å²) in [7, 11) is 0. The highest BCUT2D eigenvalue weighted by molar-refractivity contribution is 6.10. The van der Waals surface area contributed by atoms with Crippen LogP contribution in [-0.4, -0.2) is 0 Å². The lowest BCUT2D eigenvalue weighted by atomic mass is 9.80. The minimum atomic E-state index is 1.06. The van der Waals surface area contributed by atoms with Crippen molar-refractivity contribution in [1.82, 2.24) is 0 Å². The minimum Gasteiger partial charge on any atom is -0.0955 e. The van der Waals surface area contributed by atoms with E-state index in [1.807, 2.05) is 0 Å². The molecule has 0 radical (unpaired) electrons. The summed E-state index contributed by atoms with van der Waals surface area (Å²) in [4.78, 5) is 0. The van der Waals surface area contributed by atoms with Crippen molar-refractivity contribution in [2.45, 2.75) is 26.7 Å². The third-order valence-corrected chi connectivity index (χ3v) is 8.65. The molecule has 0 heteroatoms. The Morgan fingerprint density at radius 2 is 1.31 bits per heavy atom. The normalized spacial score (nSPS) is 13.0. The Kier molecular flexibility index (Phi) is 6.68. The van der Waals surface area contributed by atoms with E-state index in [2.05, 4.69) is 154 Å². The van der Waals surface area contributed by atoms with E-state index in [-0.39, 0.29) is 0 Å². The largest absolute Gasteiger partial charge is 0.0955 e. The molecule has 0 N–H and O–H groups in total. The minimum absolute atomic E-state index is 1.06. The molecule has 6 aromatic carbocycles. The van der Waals surface area contributed by atoms with Crippen LogP contribution in [0.2, 0.25) is 0 Å². The van der Waals surface area contributed by atoms with Gasteiger partial charge in [0.2, 0.25) is 0 Å². The molecule has 0 unspecified atom stereocenters. The second kappa shape index (κ2) is 10.8. The lowest BCUT2D eigenvalue weighted by Gasteiger charge is -2.24. The molecular formula is C42H34. The highest BCUT2D eigenvalue weighted by atomic mass is 14.2. The summed E-state index contributed by atoms with van der Waals surface area (Å²) in [5.74, 6) is 0. The molecule has 42 heavy (non-hydrogen) atoms. The van der Waals surface area contributed by atoms with Gasteiger partial charge in [-0.05, 0) is 122 Å². The Hall–Kier alpha value is -4.94. The van der Waals surface area contributed by atoms with Crippen molar-refractivity contribution in [3.63, 3.8) is 0 Å². The molecule has 0 aromatic heterocycles. The molecule has 1 aliphatic rings. The number of rotatable bonds is 5. The molecule has 0 nitrogen and oxygen atoms in total. The van der Waals surface area contributed by atoms with E-state index in [1.165, 1.54) is 77.2 Å². The smallest absolute Gasteiger partial charge is 0.00295 e. The van der Waals surface area contributed by atoms with Gasteiger partial charge in [0.15, 0.2) is 0 Å². The summed E-state index contributed by atoms with van der Waals surface area (Å²) in [6.07, 6.45) is 8.98. The van der Waals surface area contributed by atoms with Gasteiger partial charge in [-0.25, -0.2) is 0 Å². The van der Waals surface area contributed by atoms with Gasteiger partial charge in [-0.1, -0.05) is 127 Å². The third-order valence-electron chi connectivity index (χ3n) is 8.65. The van der Waals surface area contributed by atoms with Gasteiger partial charge >= 0.3 is 0 Å². The Morgan fingerprint density at radius 3 is 2.07 bits per heavy atom. The van der Waals surface area contributed by atoms with Gasteiger partial charge in [0.1, 0.15) is 0 Å². The predicted octanol–water partition coefficient (Wildman–Crippen LogP) is 11.9. The average molecular weight is 539 g/mol. The highest BCUT2D eigenvalue weighted by Gasteiger charge is 2.21. The van der Waals surface area contributed by atoms with Crippen molar-refractivity contribution >= 4 is 33.2 Å². The standard InChI is InChI=1S/C42H34/c1-4-36(28(2)3)33-16-12-15-31(25-33)32-23-21-29-22-24-34(27-35(29)26-32)42-39-19-10-8-17-37(39)41(30-13-6-5-7-14-30)38-18-9-11-20-40(38)42/h4-8,10-17,19-27H,2,9,18H2,1,3H3/b36-4+. The van der Waals surface area contributed by atoms with Crippen LogP contribution in [0.15, 0.2) is 140 Å². The summed E-state index contributed by atoms with van der Waals surface area (Å²) >= 11 is 0. The Labute approximate surface area is 249 Å². The molecule has 0 bridgehead atoms. The van der Waals surface area contributed by atoms with Gasteiger partial charge < -0.3 is 0 Å². The number of fused-ring (bicyclic) bond motifs is 3. The first-order valence-electron chi connectivity index (χ1n) is 14.9. The zero-order valence-corrected chi connectivity index (χ0v) is 24.3. The predicted molar refractivity (Wildman–Crippen MR) is 184 cm³/mol. The maximum Gasteiger partial charge on any atom is -0.00295 e. The number of benzene rings is 6. The fourth-order valence-electron chi connectivity index (χ4n) is 6.74. The van der Waals surface area contributed by atoms with E-state index in [4.69, 9.17) is 0 Å². The molecule has 0 atom stereocenters. The van der Waals surface area contributed by atoms with Crippen LogP contribution in [0.4, 0.5) is 0 Å². The van der Waals surface area contributed by atoms with E-state index < -0.39 is 0 Å². The SMILES string of the molecule is C=C(C)/C(=C\C)c1cccc(-c2ccc3ccc(-c4c5c(c(-c6ccccc6)c6ccccc46)CCC=C5)cc3c2)c1. The first-order chi connectivity index (χ1) is 20.6. The number of hydrogen-bond donors (Lipinski definition) is 0. The molecule has 0 saturated carbocycles. The molecule has 6 aromatic rings. The van der Waals surface area contributed by atoms with Crippen LogP contribution >= 0.6 is 0 Å². The molecule has 0 saturated heterocycles. The molecule has 1 aliphatic carbocycles. The molecule has 0 spiro atoms. The van der Waals surface area contributed by atoms with E-state index in [1.54, 1.807) is 0 Å². The average Bonchev–Trinajstić information content (AvgIpc) is 3.04. The highest BCUT2D eigenvalue weighted by Crippen LogP contribution is 2.45. The van der Waals surface area contributed by atoms with Crippen LogP contribution in [0.1, 0.15) is 37.0 Å². The van der Waals surface area contributed by atoms with Gasteiger partial charge in [0.05, 0.1) is 0 Å². The number of hydrogen-bond acceptors (Lipinski definition) is 0. The third kappa shape index (κ3) is 4.50. The molecule has 202 valence electrons. The van der Waals surface area contributed by atoms with Gasteiger partial charge in [0, 0.05) is 0 Å². The molecule has 7 rings (SSSR count). The van der Waals surface area contributed by atoms with E-state index in [0.717, 1.165) is 18.4 Å². The van der Waals surface area contributed by atoms with Crippen LogP contribution in [0, 0.1) is 0 Å². The molecule has 0 amide bonds. The van der Waals surface area contributed by atoms with Crippen molar-refractivity contribution in [3.05, 3.63) is 156 Å². The van der Waals surface area contributed by atoms with Crippen LogP contribution in [0.5, 0.6) is 0 Å². The summed E-state index contributed by atoms with van der Waals surface area (Å²) in [5, 5.41) is 5.15. The van der Waals surface area contributed by atoms with Crippen LogP contribution in [0.3, 0.4) is 0 Å². The zero-order chi connectivity index (χ0) is 28.6. The summed E-state index contributed by atoms with van der Waals surface area (Å²) < 4.78 is 0. The van der Waals surface area contributed by atoms with Gasteiger partial charge in [-0.3, -0.25) is 0 Å². The Bertz CT molecular complexity index is 2050. The van der Waals surface area contributed by atoms with E-state index in [9.17, 15) is 0 Å². The summed E-state index contributed by atoms with van der Waals surface area (Å²) in [6.45, 7) is 8.34. The summed E-state index contributed by atoms with van der Waals surface area (Å²) in [5.41, 5.74) is 14.0. The lowest BCUT2D eigenvalue weighted by Crippen LogP contribution is -2.02. The van der Waals surface area contributed by atoms with Gasteiger partial charge in [-0.2, -0.15) is 0 Å². The summed E-state index contributed by atoms with van der Waals surface area (Å²) in [6, 6.07) is 42.5. The monoisotopic (exact) mass is 538 g/mol. The fraction of sp³-hybridized carbons (Fsp3) is 0.0952. The lowest BCUT2D eigenvalue weighted by molar-refractivity contribution is 0.991. The van der Waals surface area contributed by atoms with Crippen LogP contribution in [0.25, 0.3) is 66.6 Å². The van der Waals surface area contributed by atoms with Crippen molar-refractivity contribution in [1.29, 1.82) is 0 Å². The topological polar surface area (TPSA) is 0 Å². The zero-order valence-electron chi connectivity index (χ0n) is 24.3. The second-order valence-electron chi connectivity index (χ2n) is 11.3. The number of allylic oxidation sites excluding steroid dienone is 4. The molecule has 0 heterocycles. The van der Waals surface area contributed by atoms with Crippen LogP contribution in [-0.2, 0) is 6.42 Å². The molecular weight excluding hydrogens is 504 g/mol. The Morgan fingerprint density at radius 1 is 0.643 bits per heavy atom. The van der Waals surface area contributed by atoms with Gasteiger partial charge in [0.25, 0.3) is 0 Å². The van der Waals surface area contributed by atoms with Crippen LogP contribution < -0.4 is 0 Å². The Balaban J connectivity index is 1.42. The maximum atomic E-state index is 4.19. The van der Waals surface area contributed by atoms with E-state index >= 15 is 0 Å². The van der Waals surface area contributed by atoms with Crippen molar-refractivity contribution < 1.29 is 0 Å². The maximum absolute atomic E-state index is 4.19. The van der Waals surface area contributed by atoms with Crippen molar-refractivity contribution in [3.8, 4) is 33.4 Å². The van der Waals surface area contributed by atoms with Gasteiger partial charge in [-0.15, -0.1) is 0 Å². The van der Waals surface area contributed by atoms with Crippen molar-refractivity contribution in [2.75, 3.05) is 0 Å². The molecule has 0 fully saturated rings. The first-order valence-corrected chi connectivity index (χ1v) is 14.9. The first kappa shape index (κ1) is 26.0.